The van der Waals surface area contributed by atoms with E-state index in [1.807, 2.05) is 42.5 Å². The number of nitrogens with zero attached hydrogens (tertiary/aromatic N) is 2. The van der Waals surface area contributed by atoms with Gasteiger partial charge in [-0.3, -0.25) is 4.79 Å². The summed E-state index contributed by atoms with van der Waals surface area (Å²) in [7, 11) is 0. The van der Waals surface area contributed by atoms with E-state index in [4.69, 9.17) is 10.3 Å². The molecule has 5 nitrogen and oxygen atoms in total. The summed E-state index contributed by atoms with van der Waals surface area (Å²) in [5.41, 5.74) is 8.73. The fourth-order valence-corrected chi connectivity index (χ4v) is 2.17. The average Bonchev–Trinajstić information content (AvgIpc) is 3.01. The van der Waals surface area contributed by atoms with Crippen molar-refractivity contribution < 1.29 is 9.32 Å². The number of hydrogen-bond donors (Lipinski definition) is 1. The summed E-state index contributed by atoms with van der Waals surface area (Å²) in [5.74, 6) is -0.512. The van der Waals surface area contributed by atoms with Gasteiger partial charge in [-0.15, -0.1) is 5.10 Å². The van der Waals surface area contributed by atoms with E-state index in [1.165, 1.54) is 6.26 Å². The minimum absolute atomic E-state index is 0.411. The maximum Gasteiger partial charge on any atom is 0.250 e. The monoisotopic (exact) mass is 265 g/mol. The second-order valence-corrected chi connectivity index (χ2v) is 4.25. The quantitative estimate of drug-likeness (QED) is 0.788. The van der Waals surface area contributed by atoms with Crippen LogP contribution in [0.2, 0.25) is 0 Å². The van der Waals surface area contributed by atoms with Gasteiger partial charge in [0.05, 0.1) is 5.56 Å². The lowest BCUT2D eigenvalue weighted by atomic mass is 9.94. The second kappa shape index (κ2) is 4.97. The summed E-state index contributed by atoms with van der Waals surface area (Å²) in [6.45, 7) is 0. The Labute approximate surface area is 115 Å². The van der Waals surface area contributed by atoms with Crippen molar-refractivity contribution in [1.29, 1.82) is 0 Å². The largest absolute Gasteiger partial charge is 0.366 e. The number of amides is 1. The van der Waals surface area contributed by atoms with Crippen molar-refractivity contribution in [1.82, 2.24) is 10.4 Å². The van der Waals surface area contributed by atoms with E-state index in [-0.39, 0.29) is 0 Å². The van der Waals surface area contributed by atoms with Crippen LogP contribution in [0.4, 0.5) is 0 Å². The Bertz CT molecular complexity index is 737. The second-order valence-electron chi connectivity index (χ2n) is 4.25. The van der Waals surface area contributed by atoms with Gasteiger partial charge in [0.2, 0.25) is 5.91 Å². The van der Waals surface area contributed by atoms with Gasteiger partial charge in [-0.25, -0.2) is 0 Å². The van der Waals surface area contributed by atoms with Gasteiger partial charge in [-0.2, -0.15) is 0 Å². The Morgan fingerprint density at radius 2 is 1.75 bits per heavy atom. The highest BCUT2D eigenvalue weighted by molar-refractivity contribution is 6.05. The predicted molar refractivity (Wildman–Crippen MR) is 73.7 cm³/mol. The normalized spacial score (nSPS) is 10.4. The Morgan fingerprint density at radius 1 is 1.00 bits per heavy atom. The number of carbonyl (C=O) groups is 1. The molecule has 1 heterocycles. The maximum absolute atomic E-state index is 11.9. The number of primary amides is 1. The fraction of sp³-hybridized carbons (Fsp3) is 0. The average molecular weight is 265 g/mol. The molecule has 0 spiro atoms. The zero-order chi connectivity index (χ0) is 13.9. The Balaban J connectivity index is 2.26. The van der Waals surface area contributed by atoms with E-state index in [9.17, 15) is 4.79 Å². The van der Waals surface area contributed by atoms with E-state index < -0.39 is 5.91 Å². The Kier molecular flexibility index (Phi) is 3.01. The molecular weight excluding hydrogens is 254 g/mol. The van der Waals surface area contributed by atoms with Gasteiger partial charge >= 0.3 is 0 Å². The zero-order valence-electron chi connectivity index (χ0n) is 10.5. The van der Waals surface area contributed by atoms with Crippen molar-refractivity contribution in [3.8, 4) is 22.4 Å². The summed E-state index contributed by atoms with van der Waals surface area (Å²) in [5, 5.41) is 7.26. The van der Waals surface area contributed by atoms with E-state index in [0.717, 1.165) is 11.1 Å². The van der Waals surface area contributed by atoms with Crippen LogP contribution in [0.1, 0.15) is 10.4 Å². The first-order valence-corrected chi connectivity index (χ1v) is 6.03. The van der Waals surface area contributed by atoms with Gasteiger partial charge in [-0.1, -0.05) is 48.5 Å². The first-order chi connectivity index (χ1) is 9.77. The smallest absolute Gasteiger partial charge is 0.250 e. The molecule has 5 heteroatoms. The molecule has 2 N–H and O–H groups in total. The third-order valence-corrected chi connectivity index (χ3v) is 3.03. The van der Waals surface area contributed by atoms with Gasteiger partial charge in [-0.05, 0) is 11.1 Å². The van der Waals surface area contributed by atoms with Crippen molar-refractivity contribution in [2.24, 2.45) is 5.73 Å². The van der Waals surface area contributed by atoms with E-state index in [2.05, 4.69) is 10.4 Å². The molecule has 0 aliphatic rings. The van der Waals surface area contributed by atoms with Gasteiger partial charge in [0, 0.05) is 10.8 Å². The molecule has 0 atom stereocenters. The van der Waals surface area contributed by atoms with Crippen LogP contribution in [0.5, 0.6) is 0 Å². The minimum atomic E-state index is -0.512. The van der Waals surface area contributed by atoms with Crippen LogP contribution < -0.4 is 5.73 Å². The lowest BCUT2D eigenvalue weighted by Crippen LogP contribution is -2.14. The van der Waals surface area contributed by atoms with Gasteiger partial charge in [0.15, 0.2) is 6.26 Å². The lowest BCUT2D eigenvalue weighted by molar-refractivity contribution is 0.100. The number of benzene rings is 2. The topological polar surface area (TPSA) is 82.0 Å². The van der Waals surface area contributed by atoms with Crippen molar-refractivity contribution in [2.45, 2.75) is 0 Å². The highest BCUT2D eigenvalue weighted by Crippen LogP contribution is 2.31. The molecule has 2 aromatic carbocycles. The zero-order valence-corrected chi connectivity index (χ0v) is 10.5. The third kappa shape index (κ3) is 2.05. The SMILES string of the molecule is NC(=O)c1c(-c2ccccc2)cccc1-c1conn1. The summed E-state index contributed by atoms with van der Waals surface area (Å²) in [6, 6.07) is 15.0. The van der Waals surface area contributed by atoms with Crippen LogP contribution in [-0.4, -0.2) is 16.3 Å². The first-order valence-electron chi connectivity index (χ1n) is 6.03. The summed E-state index contributed by atoms with van der Waals surface area (Å²) >= 11 is 0. The Hall–Kier alpha value is -2.95. The number of nitrogens with two attached hydrogens (primary N) is 1. The molecule has 0 saturated carbocycles. The maximum atomic E-state index is 11.9. The number of carbonyl (C=O) groups excluding carboxylic acids is 1. The van der Waals surface area contributed by atoms with Crippen LogP contribution in [-0.2, 0) is 0 Å². The molecule has 3 aromatic rings. The van der Waals surface area contributed by atoms with Gasteiger partial charge in [0.1, 0.15) is 5.69 Å². The molecule has 0 radical (unpaired) electrons. The van der Waals surface area contributed by atoms with Crippen LogP contribution in [0, 0.1) is 0 Å². The molecule has 1 amide bonds. The number of aromatic nitrogens is 2. The number of rotatable bonds is 3. The molecule has 20 heavy (non-hydrogen) atoms. The third-order valence-electron chi connectivity index (χ3n) is 3.03. The van der Waals surface area contributed by atoms with E-state index >= 15 is 0 Å². The summed E-state index contributed by atoms with van der Waals surface area (Å²) in [4.78, 5) is 11.9. The van der Waals surface area contributed by atoms with Crippen LogP contribution in [0.3, 0.4) is 0 Å². The summed E-state index contributed by atoms with van der Waals surface area (Å²) in [6.07, 6.45) is 1.39. The lowest BCUT2D eigenvalue weighted by Gasteiger charge is -2.10. The van der Waals surface area contributed by atoms with Gasteiger partial charge < -0.3 is 10.3 Å². The molecule has 0 bridgehead atoms. The highest BCUT2D eigenvalue weighted by Gasteiger charge is 2.17. The molecule has 98 valence electrons. The van der Waals surface area contributed by atoms with Crippen molar-refractivity contribution in [2.75, 3.05) is 0 Å². The minimum Gasteiger partial charge on any atom is -0.366 e. The molecule has 0 saturated heterocycles. The van der Waals surface area contributed by atoms with Crippen LogP contribution in [0.25, 0.3) is 22.4 Å². The fourth-order valence-electron chi connectivity index (χ4n) is 2.17. The molecule has 0 aliphatic heterocycles. The van der Waals surface area contributed by atoms with Crippen molar-refractivity contribution in [3.05, 3.63) is 60.4 Å². The molecule has 1 aromatic heterocycles. The van der Waals surface area contributed by atoms with Crippen LogP contribution >= 0.6 is 0 Å². The molecule has 0 fully saturated rings. The first kappa shape index (κ1) is 12.1. The van der Waals surface area contributed by atoms with E-state index in [0.29, 0.717) is 16.8 Å². The van der Waals surface area contributed by atoms with Crippen LogP contribution in [0.15, 0.2) is 59.3 Å². The Morgan fingerprint density at radius 3 is 2.40 bits per heavy atom. The molecule has 3 rings (SSSR count). The van der Waals surface area contributed by atoms with Crippen molar-refractivity contribution in [3.63, 3.8) is 0 Å². The number of hydrogen-bond acceptors (Lipinski definition) is 4. The molecular formula is C15H11N3O2. The van der Waals surface area contributed by atoms with E-state index in [1.54, 1.807) is 6.07 Å². The molecule has 0 aliphatic carbocycles. The summed E-state index contributed by atoms with van der Waals surface area (Å²) < 4.78 is 4.74. The van der Waals surface area contributed by atoms with Gasteiger partial charge in [0.25, 0.3) is 0 Å². The molecule has 0 unspecified atom stereocenters. The van der Waals surface area contributed by atoms with Crippen molar-refractivity contribution >= 4 is 5.91 Å². The standard InChI is InChI=1S/C15H11N3O2/c16-15(19)14-11(10-5-2-1-3-6-10)7-4-8-12(14)13-9-20-18-17-13/h1-9H,(H2,16,19). The predicted octanol–water partition coefficient (Wildman–Crippen LogP) is 2.50. The highest BCUT2D eigenvalue weighted by atomic mass is 16.5.